The summed E-state index contributed by atoms with van der Waals surface area (Å²) in [6.07, 6.45) is 4.59. The molecular weight excluding hydrogens is 582 g/mol. The number of ether oxygens (including phenoxy) is 1. The lowest BCUT2D eigenvalue weighted by atomic mass is 9.95. The van der Waals surface area contributed by atoms with Gasteiger partial charge in [0.1, 0.15) is 23.6 Å². The van der Waals surface area contributed by atoms with Gasteiger partial charge in [-0.25, -0.2) is 22.7 Å². The molecule has 1 atom stereocenters. The van der Waals surface area contributed by atoms with Crippen molar-refractivity contribution >= 4 is 57.7 Å². The fourth-order valence-corrected chi connectivity index (χ4v) is 6.70. The van der Waals surface area contributed by atoms with E-state index in [9.17, 15) is 13.2 Å². The second-order valence-corrected chi connectivity index (χ2v) is 20.1. The molecule has 1 aromatic carbocycles. The number of carbonyl (C=O) groups is 1. The molecule has 0 saturated carbocycles. The summed E-state index contributed by atoms with van der Waals surface area (Å²) in [4.78, 5) is 23.2. The molecule has 4 aromatic rings. The predicted molar refractivity (Wildman–Crippen MR) is 163 cm³/mol. The maximum absolute atomic E-state index is 13.6. The molecule has 0 radical (unpaired) electrons. The highest BCUT2D eigenvalue weighted by molar-refractivity contribution is 7.88. The third-order valence-electron chi connectivity index (χ3n) is 7.50. The lowest BCUT2D eigenvalue weighted by Gasteiger charge is -2.40. The summed E-state index contributed by atoms with van der Waals surface area (Å²) in [5.41, 5.74) is 3.39. The van der Waals surface area contributed by atoms with Crippen LogP contribution in [-0.2, 0) is 28.5 Å². The molecule has 1 aliphatic heterocycles. The van der Waals surface area contributed by atoms with Crippen molar-refractivity contribution in [1.29, 1.82) is 0 Å². The van der Waals surface area contributed by atoms with E-state index in [1.54, 1.807) is 27.7 Å². The van der Waals surface area contributed by atoms with Gasteiger partial charge in [0, 0.05) is 63.4 Å². The Labute approximate surface area is 245 Å². The topological polar surface area (TPSA) is 124 Å². The first-order valence-electron chi connectivity index (χ1n) is 13.5. The first-order valence-corrected chi connectivity index (χ1v) is 19.5. The van der Waals surface area contributed by atoms with Crippen molar-refractivity contribution < 1.29 is 17.9 Å². The van der Waals surface area contributed by atoms with Gasteiger partial charge in [-0.2, -0.15) is 5.10 Å². The maximum atomic E-state index is 13.6. The van der Waals surface area contributed by atoms with Crippen LogP contribution >= 0.6 is 11.6 Å². The molecular formula is C27H36ClN7O4SSi. The fraction of sp³-hybridized carbons (Fsp3) is 0.481. The molecule has 4 heterocycles. The van der Waals surface area contributed by atoms with Crippen LogP contribution in [0, 0.1) is 5.92 Å². The highest BCUT2D eigenvalue weighted by Crippen LogP contribution is 2.30. The Kier molecular flexibility index (Phi) is 8.02. The lowest BCUT2D eigenvalue weighted by Crippen LogP contribution is -2.57. The minimum atomic E-state index is -3.23. The zero-order valence-corrected chi connectivity index (χ0v) is 26.8. The van der Waals surface area contributed by atoms with Gasteiger partial charge in [0.15, 0.2) is 5.65 Å². The van der Waals surface area contributed by atoms with Gasteiger partial charge < -0.3 is 14.6 Å². The van der Waals surface area contributed by atoms with E-state index in [0.717, 1.165) is 16.9 Å². The predicted octanol–water partition coefficient (Wildman–Crippen LogP) is 3.96. The minimum Gasteiger partial charge on any atom is -0.361 e. The molecule has 0 spiro atoms. The van der Waals surface area contributed by atoms with Gasteiger partial charge in [0.05, 0.1) is 23.5 Å². The van der Waals surface area contributed by atoms with Crippen molar-refractivity contribution in [3.8, 4) is 11.4 Å². The van der Waals surface area contributed by atoms with E-state index in [1.165, 1.54) is 10.6 Å². The highest BCUT2D eigenvalue weighted by Gasteiger charge is 2.37. The molecule has 0 bridgehead atoms. The molecule has 1 saturated heterocycles. The monoisotopic (exact) mass is 617 g/mol. The first kappa shape index (κ1) is 29.6. The summed E-state index contributed by atoms with van der Waals surface area (Å²) < 4.78 is 34.5. The van der Waals surface area contributed by atoms with Crippen molar-refractivity contribution in [3.05, 3.63) is 41.2 Å². The molecule has 41 heavy (non-hydrogen) atoms. The van der Waals surface area contributed by atoms with Gasteiger partial charge in [0.25, 0.3) is 5.91 Å². The van der Waals surface area contributed by atoms with Crippen LogP contribution in [0.25, 0.3) is 33.5 Å². The number of nitrogens with zero attached hydrogens (tertiary/aromatic N) is 6. The number of benzene rings is 1. The zero-order chi connectivity index (χ0) is 29.7. The summed E-state index contributed by atoms with van der Waals surface area (Å²) in [6, 6.07) is 6.35. The zero-order valence-electron chi connectivity index (χ0n) is 24.2. The van der Waals surface area contributed by atoms with Crippen LogP contribution in [0.4, 0.5) is 0 Å². The van der Waals surface area contributed by atoms with Crippen LogP contribution in [0.3, 0.4) is 0 Å². The number of hydrogen-bond acceptors (Lipinski definition) is 7. The number of amides is 1. The number of rotatable bonds is 10. The summed E-state index contributed by atoms with van der Waals surface area (Å²) in [6.45, 7) is 10.4. The fourth-order valence-electron chi connectivity index (χ4n) is 4.85. The second kappa shape index (κ2) is 11.1. The largest absolute Gasteiger partial charge is 0.361 e. The first-order chi connectivity index (χ1) is 19.2. The van der Waals surface area contributed by atoms with E-state index >= 15 is 0 Å². The standard InChI is InChI=1S/C27H36ClN7O4SSi/c1-17(18-13-35(14-18)40(3,37)38)30-27(36)21-15-34(16-39-9-10-41(4,5)6)26-25(21)31-22(12-29-26)24-20-8-7-19(28)11-23(20)33(2)32-24/h7-8,11-12,15,17-18H,9-10,13-14,16H2,1-6H3,(H,30,36). The Bertz CT molecular complexity index is 1720. The van der Waals surface area contributed by atoms with Crippen molar-refractivity contribution in [1.82, 2.24) is 33.9 Å². The normalized spacial score (nSPS) is 15.9. The maximum Gasteiger partial charge on any atom is 0.255 e. The molecule has 5 rings (SSSR count). The third kappa shape index (κ3) is 6.33. The highest BCUT2D eigenvalue weighted by atomic mass is 35.5. The summed E-state index contributed by atoms with van der Waals surface area (Å²) in [5, 5.41) is 9.20. The summed E-state index contributed by atoms with van der Waals surface area (Å²) in [7, 11) is -2.65. The van der Waals surface area contributed by atoms with Crippen LogP contribution in [0.1, 0.15) is 17.3 Å². The van der Waals surface area contributed by atoms with Crippen LogP contribution in [0.2, 0.25) is 30.7 Å². The Morgan fingerprint density at radius 2 is 2.00 bits per heavy atom. The van der Waals surface area contributed by atoms with Crippen LogP contribution in [-0.4, -0.2) is 83.0 Å². The van der Waals surface area contributed by atoms with Gasteiger partial charge in [-0.05, 0) is 31.2 Å². The van der Waals surface area contributed by atoms with E-state index < -0.39 is 18.1 Å². The van der Waals surface area contributed by atoms with E-state index in [-0.39, 0.29) is 24.6 Å². The van der Waals surface area contributed by atoms with Gasteiger partial charge in [-0.1, -0.05) is 31.2 Å². The average Bonchev–Trinajstić information content (AvgIpc) is 3.36. The number of aromatic nitrogens is 5. The number of aryl methyl sites for hydroxylation is 1. The van der Waals surface area contributed by atoms with E-state index in [4.69, 9.17) is 26.3 Å². The molecule has 1 aliphatic rings. The molecule has 1 N–H and O–H groups in total. The Morgan fingerprint density at radius 3 is 2.68 bits per heavy atom. The number of hydrogen-bond donors (Lipinski definition) is 1. The smallest absolute Gasteiger partial charge is 0.255 e. The van der Waals surface area contributed by atoms with Crippen molar-refractivity contribution in [2.75, 3.05) is 26.0 Å². The van der Waals surface area contributed by atoms with Crippen LogP contribution < -0.4 is 5.32 Å². The van der Waals surface area contributed by atoms with Crippen molar-refractivity contribution in [2.45, 2.75) is 45.4 Å². The third-order valence-corrected chi connectivity index (χ3v) is 10.7. The van der Waals surface area contributed by atoms with Gasteiger partial charge in [0.2, 0.25) is 10.0 Å². The average molecular weight is 618 g/mol. The van der Waals surface area contributed by atoms with E-state index in [1.807, 2.05) is 26.1 Å². The molecule has 11 nitrogen and oxygen atoms in total. The number of fused-ring (bicyclic) bond motifs is 2. The number of carbonyl (C=O) groups excluding carboxylic acids is 1. The molecule has 0 aliphatic carbocycles. The van der Waals surface area contributed by atoms with Crippen LogP contribution in [0.5, 0.6) is 0 Å². The summed E-state index contributed by atoms with van der Waals surface area (Å²) in [5.74, 6) is -0.273. The molecule has 1 amide bonds. The quantitative estimate of drug-likeness (QED) is 0.211. The molecule has 1 unspecified atom stereocenters. The summed E-state index contributed by atoms with van der Waals surface area (Å²) >= 11 is 6.21. The molecule has 220 valence electrons. The number of sulfonamides is 1. The molecule has 1 fully saturated rings. The second-order valence-electron chi connectivity index (χ2n) is 12.0. The van der Waals surface area contributed by atoms with Crippen molar-refractivity contribution in [3.63, 3.8) is 0 Å². The number of nitrogens with one attached hydrogen (secondary N) is 1. The lowest BCUT2D eigenvalue weighted by molar-refractivity contribution is 0.0871. The molecule has 14 heteroatoms. The van der Waals surface area contributed by atoms with Crippen LogP contribution in [0.15, 0.2) is 30.6 Å². The Hall–Kier alpha value is -2.84. The molecule has 3 aromatic heterocycles. The SMILES string of the molecule is CC(NC(=O)c1cn(COCC[Si](C)(C)C)c2ncc(-c3nn(C)c4cc(Cl)ccc34)nc12)C1CN(S(C)(=O)=O)C1. The van der Waals surface area contributed by atoms with Gasteiger partial charge in [-0.15, -0.1) is 0 Å². The van der Waals surface area contributed by atoms with Gasteiger partial charge in [-0.3, -0.25) is 9.48 Å². The van der Waals surface area contributed by atoms with Crippen molar-refractivity contribution in [2.24, 2.45) is 13.0 Å². The van der Waals surface area contributed by atoms with E-state index in [2.05, 4.69) is 30.1 Å². The Balaban J connectivity index is 1.46. The minimum absolute atomic E-state index is 0.0280. The Morgan fingerprint density at radius 1 is 1.27 bits per heavy atom. The van der Waals surface area contributed by atoms with E-state index in [0.29, 0.717) is 52.8 Å². The van der Waals surface area contributed by atoms with Gasteiger partial charge >= 0.3 is 0 Å². The number of halogens is 1.